The highest BCUT2D eigenvalue weighted by Gasteiger charge is 2.11. The van der Waals surface area contributed by atoms with E-state index >= 15 is 0 Å². The second kappa shape index (κ2) is 4.47. The van der Waals surface area contributed by atoms with Crippen molar-refractivity contribution in [2.24, 2.45) is 0 Å². The van der Waals surface area contributed by atoms with E-state index in [9.17, 15) is 4.79 Å². The number of hydrogen-bond donors (Lipinski definition) is 0. The fraction of sp³-hybridized carbons (Fsp3) is 0.364. The average Bonchev–Trinajstić information content (AvgIpc) is 2.10. The zero-order valence-electron chi connectivity index (χ0n) is 8.56. The summed E-state index contributed by atoms with van der Waals surface area (Å²) in [6, 6.07) is 3.60. The second-order valence-corrected chi connectivity index (χ2v) is 3.49. The summed E-state index contributed by atoms with van der Waals surface area (Å²) in [4.78, 5) is 11.2. The van der Waals surface area contributed by atoms with Crippen molar-refractivity contribution in [2.45, 2.75) is 20.8 Å². The van der Waals surface area contributed by atoms with Gasteiger partial charge in [-0.25, -0.2) is 0 Å². The van der Waals surface area contributed by atoms with Crippen molar-refractivity contribution in [1.29, 1.82) is 0 Å². The van der Waals surface area contributed by atoms with Gasteiger partial charge >= 0.3 is 0 Å². The van der Waals surface area contributed by atoms with Crippen LogP contribution < -0.4 is 4.74 Å². The van der Waals surface area contributed by atoms with Crippen LogP contribution in [0.2, 0.25) is 5.02 Å². The van der Waals surface area contributed by atoms with Gasteiger partial charge in [-0.15, -0.1) is 0 Å². The van der Waals surface area contributed by atoms with Crippen LogP contribution in [-0.4, -0.2) is 12.4 Å². The van der Waals surface area contributed by atoms with Crippen molar-refractivity contribution in [3.05, 3.63) is 28.3 Å². The van der Waals surface area contributed by atoms with Crippen LogP contribution in [0.4, 0.5) is 0 Å². The number of aryl methyl sites for hydroxylation is 1. The molecule has 1 aromatic carbocycles. The molecule has 0 saturated carbocycles. The third-order valence-electron chi connectivity index (χ3n) is 1.86. The van der Waals surface area contributed by atoms with Crippen molar-refractivity contribution in [3.8, 4) is 5.75 Å². The topological polar surface area (TPSA) is 26.3 Å². The van der Waals surface area contributed by atoms with Gasteiger partial charge in [0.2, 0.25) is 0 Å². The Hall–Kier alpha value is -1.02. The molecule has 0 spiro atoms. The third kappa shape index (κ3) is 2.26. The van der Waals surface area contributed by atoms with E-state index in [-0.39, 0.29) is 5.78 Å². The summed E-state index contributed by atoms with van der Waals surface area (Å²) >= 11 is 6.01. The second-order valence-electron chi connectivity index (χ2n) is 3.11. The molecular formula is C11H13ClO2. The highest BCUT2D eigenvalue weighted by molar-refractivity contribution is 6.35. The Morgan fingerprint density at radius 3 is 2.64 bits per heavy atom. The summed E-state index contributed by atoms with van der Waals surface area (Å²) in [6.07, 6.45) is 0. The maximum atomic E-state index is 11.2. The number of halogens is 1. The Balaban J connectivity index is 3.24. The minimum atomic E-state index is -0.0420. The maximum absolute atomic E-state index is 11.2. The van der Waals surface area contributed by atoms with Gasteiger partial charge in [0, 0.05) is 5.56 Å². The molecule has 1 aromatic rings. The van der Waals surface area contributed by atoms with E-state index < -0.39 is 0 Å². The summed E-state index contributed by atoms with van der Waals surface area (Å²) < 4.78 is 5.32. The normalized spacial score (nSPS) is 10.0. The third-order valence-corrected chi connectivity index (χ3v) is 2.25. The van der Waals surface area contributed by atoms with Crippen molar-refractivity contribution >= 4 is 17.4 Å². The molecule has 2 nitrogen and oxygen atoms in total. The monoisotopic (exact) mass is 212 g/mol. The Bertz CT molecular complexity index is 359. The average molecular weight is 213 g/mol. The predicted molar refractivity (Wildman–Crippen MR) is 57.4 cm³/mol. The molecule has 0 unspecified atom stereocenters. The first kappa shape index (κ1) is 11.1. The standard InChI is InChI=1S/C11H13ClO2/c1-4-14-10-6-7(2)5-9(8(3)13)11(10)12/h5-6H,4H2,1-3H3. The molecule has 14 heavy (non-hydrogen) atoms. The van der Waals surface area contributed by atoms with Crippen LogP contribution in [-0.2, 0) is 0 Å². The number of carbonyl (C=O) groups is 1. The summed E-state index contributed by atoms with van der Waals surface area (Å²) in [5.41, 5.74) is 1.50. The maximum Gasteiger partial charge on any atom is 0.161 e. The lowest BCUT2D eigenvalue weighted by Gasteiger charge is -2.09. The minimum Gasteiger partial charge on any atom is -0.492 e. The van der Waals surface area contributed by atoms with Gasteiger partial charge in [0.15, 0.2) is 5.78 Å². The minimum absolute atomic E-state index is 0.0420. The molecule has 1 rings (SSSR count). The smallest absolute Gasteiger partial charge is 0.161 e. The van der Waals surface area contributed by atoms with Crippen LogP contribution in [0.25, 0.3) is 0 Å². The van der Waals surface area contributed by atoms with E-state index in [0.717, 1.165) is 5.56 Å². The van der Waals surface area contributed by atoms with E-state index in [1.54, 1.807) is 6.07 Å². The molecule has 0 heterocycles. The van der Waals surface area contributed by atoms with Crippen molar-refractivity contribution in [2.75, 3.05) is 6.61 Å². The zero-order chi connectivity index (χ0) is 10.7. The van der Waals surface area contributed by atoms with Gasteiger partial charge in [0.25, 0.3) is 0 Å². The van der Waals surface area contributed by atoms with Crippen LogP contribution in [0.15, 0.2) is 12.1 Å². The summed E-state index contributed by atoms with van der Waals surface area (Å²) in [7, 11) is 0. The Labute approximate surface area is 88.8 Å². The molecule has 0 N–H and O–H groups in total. The molecule has 0 aromatic heterocycles. The number of ether oxygens (including phenoxy) is 1. The van der Waals surface area contributed by atoms with Gasteiger partial charge in [0.05, 0.1) is 11.6 Å². The lowest BCUT2D eigenvalue weighted by Crippen LogP contribution is -1.99. The lowest BCUT2D eigenvalue weighted by molar-refractivity contribution is 0.101. The SMILES string of the molecule is CCOc1cc(C)cc(C(C)=O)c1Cl. The first-order valence-electron chi connectivity index (χ1n) is 4.50. The van der Waals surface area contributed by atoms with Gasteiger partial charge < -0.3 is 4.74 Å². The van der Waals surface area contributed by atoms with Crippen molar-refractivity contribution in [3.63, 3.8) is 0 Å². The molecule has 0 bridgehead atoms. The van der Waals surface area contributed by atoms with Crippen LogP contribution >= 0.6 is 11.6 Å². The van der Waals surface area contributed by atoms with E-state index in [4.69, 9.17) is 16.3 Å². The van der Waals surface area contributed by atoms with E-state index in [1.165, 1.54) is 6.92 Å². The first-order chi connectivity index (χ1) is 6.56. The number of rotatable bonds is 3. The Morgan fingerprint density at radius 2 is 2.14 bits per heavy atom. The molecule has 0 atom stereocenters. The molecule has 76 valence electrons. The van der Waals surface area contributed by atoms with Gasteiger partial charge in [-0.2, -0.15) is 0 Å². The van der Waals surface area contributed by atoms with E-state index in [1.807, 2.05) is 19.9 Å². The zero-order valence-corrected chi connectivity index (χ0v) is 9.31. The van der Waals surface area contributed by atoms with Gasteiger partial charge in [-0.1, -0.05) is 11.6 Å². The van der Waals surface area contributed by atoms with Crippen LogP contribution in [0, 0.1) is 6.92 Å². The molecule has 0 saturated heterocycles. The number of benzene rings is 1. The highest BCUT2D eigenvalue weighted by atomic mass is 35.5. The largest absolute Gasteiger partial charge is 0.492 e. The molecule has 0 aliphatic rings. The number of carbonyl (C=O) groups excluding carboxylic acids is 1. The fourth-order valence-electron chi connectivity index (χ4n) is 1.25. The predicted octanol–water partition coefficient (Wildman–Crippen LogP) is 3.25. The first-order valence-corrected chi connectivity index (χ1v) is 4.88. The lowest BCUT2D eigenvalue weighted by atomic mass is 10.1. The van der Waals surface area contributed by atoms with Crippen LogP contribution in [0.3, 0.4) is 0 Å². The molecule has 0 radical (unpaired) electrons. The van der Waals surface area contributed by atoms with E-state index in [2.05, 4.69) is 0 Å². The Morgan fingerprint density at radius 1 is 1.50 bits per heavy atom. The molecule has 0 fully saturated rings. The number of hydrogen-bond acceptors (Lipinski definition) is 2. The van der Waals surface area contributed by atoms with Crippen LogP contribution in [0.5, 0.6) is 5.75 Å². The molecule has 0 amide bonds. The molecule has 0 aliphatic heterocycles. The molecule has 3 heteroatoms. The number of Topliss-reactive ketones (excluding diaryl/α,β-unsaturated/α-hetero) is 1. The summed E-state index contributed by atoms with van der Waals surface area (Å²) in [5.74, 6) is 0.541. The summed E-state index contributed by atoms with van der Waals surface area (Å²) in [6.45, 7) is 5.83. The quantitative estimate of drug-likeness (QED) is 0.719. The fourth-order valence-corrected chi connectivity index (χ4v) is 1.55. The molecular weight excluding hydrogens is 200 g/mol. The van der Waals surface area contributed by atoms with Crippen molar-refractivity contribution < 1.29 is 9.53 Å². The number of ketones is 1. The molecule has 0 aliphatic carbocycles. The van der Waals surface area contributed by atoms with Gasteiger partial charge in [-0.3, -0.25) is 4.79 Å². The highest BCUT2D eigenvalue weighted by Crippen LogP contribution is 2.30. The van der Waals surface area contributed by atoms with Gasteiger partial charge in [-0.05, 0) is 38.5 Å². The summed E-state index contributed by atoms with van der Waals surface area (Å²) in [5, 5.41) is 0.407. The van der Waals surface area contributed by atoms with Crippen molar-refractivity contribution in [1.82, 2.24) is 0 Å². The van der Waals surface area contributed by atoms with Crippen LogP contribution in [0.1, 0.15) is 29.8 Å². The van der Waals surface area contributed by atoms with Gasteiger partial charge in [0.1, 0.15) is 5.75 Å². The van der Waals surface area contributed by atoms with E-state index in [0.29, 0.717) is 22.9 Å². The Kier molecular flexibility index (Phi) is 3.53.